The van der Waals surface area contributed by atoms with Gasteiger partial charge < -0.3 is 0 Å². The lowest BCUT2D eigenvalue weighted by molar-refractivity contribution is 0.478. The average Bonchev–Trinajstić information content (AvgIpc) is 2.60. The van der Waals surface area contributed by atoms with Crippen LogP contribution in [-0.4, -0.2) is 0 Å². The molecule has 136 valence electrons. The van der Waals surface area contributed by atoms with Crippen LogP contribution in [0.2, 0.25) is 0 Å². The van der Waals surface area contributed by atoms with E-state index in [4.69, 9.17) is 0 Å². The first kappa shape index (κ1) is 18.7. The Bertz CT molecular complexity index is 907. The zero-order valence-electron chi connectivity index (χ0n) is 17.2. The molecule has 0 aliphatic heterocycles. The lowest BCUT2D eigenvalue weighted by Gasteiger charge is -2.28. The molecule has 3 aromatic carbocycles. The Labute approximate surface area is 159 Å². The van der Waals surface area contributed by atoms with Crippen LogP contribution in [0, 0.1) is 6.92 Å². The van der Waals surface area contributed by atoms with Crippen molar-refractivity contribution in [2.24, 2.45) is 0 Å². The van der Waals surface area contributed by atoms with Gasteiger partial charge in [0.15, 0.2) is 0 Å². The molecule has 0 amide bonds. The normalized spacial score (nSPS) is 12.5. The fourth-order valence-corrected chi connectivity index (χ4v) is 3.75. The van der Waals surface area contributed by atoms with Crippen LogP contribution in [0.1, 0.15) is 63.3 Å². The Kier molecular flexibility index (Phi) is 4.97. The van der Waals surface area contributed by atoms with E-state index in [2.05, 4.69) is 102 Å². The van der Waals surface area contributed by atoms with Crippen molar-refractivity contribution in [1.29, 1.82) is 0 Å². The minimum absolute atomic E-state index is 0.160. The highest BCUT2D eigenvalue weighted by molar-refractivity contribution is 5.88. The van der Waals surface area contributed by atoms with Gasteiger partial charge in [-0.25, -0.2) is 0 Å². The van der Waals surface area contributed by atoms with Crippen molar-refractivity contribution in [1.82, 2.24) is 0 Å². The molecular weight excluding hydrogens is 312 g/mol. The third-order valence-corrected chi connectivity index (χ3v) is 5.76. The maximum Gasteiger partial charge on any atom is -0.0100 e. The summed E-state index contributed by atoms with van der Waals surface area (Å²) in [6.45, 7) is 13.8. The SMILES string of the molecule is Cc1cccc2c(CCC(C)(C)c3cccc(C(C)(C)C)c3)cccc12. The number of fused-ring (bicyclic) bond motifs is 1. The van der Waals surface area contributed by atoms with Gasteiger partial charge in [0.25, 0.3) is 0 Å². The molecule has 0 heteroatoms. The molecule has 0 spiro atoms. The molecule has 0 bridgehead atoms. The van der Waals surface area contributed by atoms with Crippen LogP contribution >= 0.6 is 0 Å². The Balaban J connectivity index is 1.87. The minimum Gasteiger partial charge on any atom is -0.0617 e. The Morgan fingerprint density at radius 2 is 1.31 bits per heavy atom. The molecule has 0 aliphatic carbocycles. The summed E-state index contributed by atoms with van der Waals surface area (Å²) in [5, 5.41) is 2.80. The first-order valence-electron chi connectivity index (χ1n) is 9.77. The maximum atomic E-state index is 2.41. The van der Waals surface area contributed by atoms with E-state index < -0.39 is 0 Å². The highest BCUT2D eigenvalue weighted by atomic mass is 14.3. The monoisotopic (exact) mass is 344 g/mol. The van der Waals surface area contributed by atoms with E-state index in [1.807, 2.05) is 0 Å². The second kappa shape index (κ2) is 6.91. The molecule has 0 atom stereocenters. The Morgan fingerprint density at radius 1 is 0.692 bits per heavy atom. The first-order chi connectivity index (χ1) is 12.2. The van der Waals surface area contributed by atoms with E-state index in [1.54, 1.807) is 0 Å². The molecule has 0 radical (unpaired) electrons. The van der Waals surface area contributed by atoms with Gasteiger partial charge in [-0.15, -0.1) is 0 Å². The summed E-state index contributed by atoms with van der Waals surface area (Å²) in [4.78, 5) is 0. The van der Waals surface area contributed by atoms with Crippen molar-refractivity contribution in [3.8, 4) is 0 Å². The van der Waals surface area contributed by atoms with Crippen molar-refractivity contribution in [2.45, 2.75) is 65.2 Å². The number of rotatable bonds is 4. The molecule has 0 fully saturated rings. The zero-order chi connectivity index (χ0) is 18.9. The molecule has 0 aromatic heterocycles. The van der Waals surface area contributed by atoms with E-state index in [1.165, 1.54) is 33.0 Å². The van der Waals surface area contributed by atoms with Gasteiger partial charge in [-0.3, -0.25) is 0 Å². The van der Waals surface area contributed by atoms with Gasteiger partial charge in [0.05, 0.1) is 0 Å². The summed E-state index contributed by atoms with van der Waals surface area (Å²) in [5.74, 6) is 0. The van der Waals surface area contributed by atoms with E-state index in [0.717, 1.165) is 12.8 Å². The highest BCUT2D eigenvalue weighted by Gasteiger charge is 2.23. The molecule has 0 aliphatic rings. The first-order valence-corrected chi connectivity index (χ1v) is 9.77. The molecule has 3 rings (SSSR count). The van der Waals surface area contributed by atoms with Gasteiger partial charge in [0.2, 0.25) is 0 Å². The third kappa shape index (κ3) is 3.85. The van der Waals surface area contributed by atoms with Crippen LogP contribution < -0.4 is 0 Å². The average molecular weight is 345 g/mol. The van der Waals surface area contributed by atoms with Crippen LogP contribution in [0.3, 0.4) is 0 Å². The topological polar surface area (TPSA) is 0 Å². The summed E-state index contributed by atoms with van der Waals surface area (Å²) < 4.78 is 0. The van der Waals surface area contributed by atoms with Crippen LogP contribution in [0.4, 0.5) is 0 Å². The Morgan fingerprint density at radius 3 is 2.04 bits per heavy atom. The van der Waals surface area contributed by atoms with Crippen LogP contribution in [0.25, 0.3) is 10.8 Å². The van der Waals surface area contributed by atoms with E-state index in [9.17, 15) is 0 Å². The molecular formula is C26H32. The second-order valence-corrected chi connectivity index (χ2v) is 9.30. The van der Waals surface area contributed by atoms with Crippen molar-refractivity contribution >= 4 is 10.8 Å². The Hall–Kier alpha value is -2.08. The maximum absolute atomic E-state index is 2.41. The van der Waals surface area contributed by atoms with Gasteiger partial charge >= 0.3 is 0 Å². The van der Waals surface area contributed by atoms with Crippen molar-refractivity contribution in [3.05, 3.63) is 82.9 Å². The lowest BCUT2D eigenvalue weighted by Crippen LogP contribution is -2.20. The van der Waals surface area contributed by atoms with Gasteiger partial charge in [-0.1, -0.05) is 95.3 Å². The van der Waals surface area contributed by atoms with Crippen molar-refractivity contribution < 1.29 is 0 Å². The van der Waals surface area contributed by atoms with E-state index in [0.29, 0.717) is 0 Å². The van der Waals surface area contributed by atoms with Crippen molar-refractivity contribution in [3.63, 3.8) is 0 Å². The third-order valence-electron chi connectivity index (χ3n) is 5.76. The minimum atomic E-state index is 0.160. The molecule has 3 aromatic rings. The second-order valence-electron chi connectivity index (χ2n) is 9.30. The standard InChI is InChI=1S/C26H32/c1-19-10-7-15-24-20(11-8-14-23(19)24)16-17-26(5,6)22-13-9-12-21(18-22)25(2,3)4/h7-15,18H,16-17H2,1-6H3. The molecule has 0 heterocycles. The van der Waals surface area contributed by atoms with Gasteiger partial charge in [0.1, 0.15) is 0 Å². The van der Waals surface area contributed by atoms with Gasteiger partial charge in [-0.2, -0.15) is 0 Å². The predicted molar refractivity (Wildman–Crippen MR) is 115 cm³/mol. The summed E-state index contributed by atoms with van der Waals surface area (Å²) in [6, 6.07) is 22.6. The quantitative estimate of drug-likeness (QED) is 0.464. The van der Waals surface area contributed by atoms with E-state index >= 15 is 0 Å². The molecule has 0 unspecified atom stereocenters. The lowest BCUT2D eigenvalue weighted by atomic mass is 9.76. The highest BCUT2D eigenvalue weighted by Crippen LogP contribution is 2.33. The number of hydrogen-bond acceptors (Lipinski definition) is 0. The van der Waals surface area contributed by atoms with Crippen LogP contribution in [-0.2, 0) is 17.3 Å². The van der Waals surface area contributed by atoms with Gasteiger partial charge in [0, 0.05) is 0 Å². The predicted octanol–water partition coefficient (Wildman–Crippen LogP) is 7.36. The largest absolute Gasteiger partial charge is 0.0617 e. The summed E-state index contributed by atoms with van der Waals surface area (Å²) in [7, 11) is 0. The smallest absolute Gasteiger partial charge is 0.0100 e. The summed E-state index contributed by atoms with van der Waals surface area (Å²) >= 11 is 0. The van der Waals surface area contributed by atoms with Gasteiger partial charge in [-0.05, 0) is 63.6 Å². The summed E-state index contributed by atoms with van der Waals surface area (Å²) in [6.07, 6.45) is 2.25. The number of aryl methyl sites for hydroxylation is 2. The molecule has 0 saturated carbocycles. The molecule has 0 saturated heterocycles. The van der Waals surface area contributed by atoms with Crippen LogP contribution in [0.15, 0.2) is 60.7 Å². The molecule has 0 nitrogen and oxygen atoms in total. The summed E-state index contributed by atoms with van der Waals surface area (Å²) in [5.41, 5.74) is 6.05. The van der Waals surface area contributed by atoms with E-state index in [-0.39, 0.29) is 10.8 Å². The molecule has 0 N–H and O–H groups in total. The van der Waals surface area contributed by atoms with Crippen LogP contribution in [0.5, 0.6) is 0 Å². The fourth-order valence-electron chi connectivity index (χ4n) is 3.75. The fraction of sp³-hybridized carbons (Fsp3) is 0.385. The number of hydrogen-bond donors (Lipinski definition) is 0. The number of benzene rings is 3. The molecule has 26 heavy (non-hydrogen) atoms. The van der Waals surface area contributed by atoms with Crippen molar-refractivity contribution in [2.75, 3.05) is 0 Å². The zero-order valence-corrected chi connectivity index (χ0v) is 17.2.